The van der Waals surface area contributed by atoms with Crippen LogP contribution in [0.1, 0.15) is 71.0 Å². The van der Waals surface area contributed by atoms with Gasteiger partial charge in [0.05, 0.1) is 6.04 Å². The highest BCUT2D eigenvalue weighted by Gasteiger charge is 2.37. The third-order valence-electron chi connectivity index (χ3n) is 6.53. The Bertz CT molecular complexity index is 822. The second-order valence-electron chi connectivity index (χ2n) is 8.24. The molecule has 1 aromatic carbocycles. The van der Waals surface area contributed by atoms with Gasteiger partial charge in [0.1, 0.15) is 0 Å². The minimum Gasteiger partial charge on any atom is -0.335 e. The lowest BCUT2D eigenvalue weighted by Crippen LogP contribution is -2.48. The maximum absolute atomic E-state index is 13.2. The van der Waals surface area contributed by atoms with E-state index in [2.05, 4.69) is 40.5 Å². The highest BCUT2D eigenvalue weighted by atomic mass is 32.1. The van der Waals surface area contributed by atoms with Gasteiger partial charge in [-0.1, -0.05) is 43.2 Å². The van der Waals surface area contributed by atoms with Crippen LogP contribution in [-0.2, 0) is 19.3 Å². The maximum atomic E-state index is 13.2. The second-order valence-corrected chi connectivity index (χ2v) is 9.38. The number of amides is 2. The molecular weight excluding hydrogens is 352 g/mol. The predicted octanol–water partition coefficient (Wildman–Crippen LogP) is 5.23. The van der Waals surface area contributed by atoms with Crippen LogP contribution in [0.25, 0.3) is 0 Å². The summed E-state index contributed by atoms with van der Waals surface area (Å²) < 4.78 is 0. The van der Waals surface area contributed by atoms with Crippen LogP contribution in [0.15, 0.2) is 30.3 Å². The molecule has 4 heteroatoms. The molecule has 1 atom stereocenters. The number of hydrogen-bond acceptors (Lipinski definition) is 2. The van der Waals surface area contributed by atoms with E-state index in [1.54, 1.807) is 16.0 Å². The van der Waals surface area contributed by atoms with Gasteiger partial charge in [0.25, 0.3) is 0 Å². The fraction of sp³-hybridized carbons (Fsp3) is 0.522. The summed E-state index contributed by atoms with van der Waals surface area (Å²) in [7, 11) is 0. The van der Waals surface area contributed by atoms with Crippen LogP contribution >= 0.6 is 11.3 Å². The van der Waals surface area contributed by atoms with E-state index in [-0.39, 0.29) is 12.1 Å². The topological polar surface area (TPSA) is 32.3 Å². The fourth-order valence-electron chi connectivity index (χ4n) is 5.16. The molecule has 3 nitrogen and oxygen atoms in total. The highest BCUT2D eigenvalue weighted by molar-refractivity contribution is 7.12. The molecule has 27 heavy (non-hydrogen) atoms. The van der Waals surface area contributed by atoms with Gasteiger partial charge in [-0.3, -0.25) is 0 Å². The van der Waals surface area contributed by atoms with Crippen LogP contribution in [-0.4, -0.2) is 23.5 Å². The molecule has 1 unspecified atom stereocenters. The van der Waals surface area contributed by atoms with Crippen LogP contribution in [0.3, 0.4) is 0 Å². The summed E-state index contributed by atoms with van der Waals surface area (Å²) in [6.07, 6.45) is 10.9. The number of carbonyl (C=O) groups is 1. The second kappa shape index (κ2) is 7.31. The average Bonchev–Trinajstić information content (AvgIpc) is 3.35. The molecular formula is C23H28N2OS. The quantitative estimate of drug-likeness (QED) is 0.760. The van der Waals surface area contributed by atoms with E-state index in [4.69, 9.17) is 0 Å². The van der Waals surface area contributed by atoms with Gasteiger partial charge in [-0.2, -0.15) is 0 Å². The number of hydrogen-bond donors (Lipinski definition) is 1. The minimum atomic E-state index is 0.0759. The number of urea groups is 1. The SMILES string of the molecule is O=C(NC1CCCC1)N1CCc2c(sc3c2CCCC3)C1c1ccccc1. The summed E-state index contributed by atoms with van der Waals surface area (Å²) in [6, 6.07) is 11.2. The number of benzene rings is 1. The Morgan fingerprint density at radius 1 is 0.963 bits per heavy atom. The van der Waals surface area contributed by atoms with E-state index in [0.29, 0.717) is 6.04 Å². The largest absolute Gasteiger partial charge is 0.335 e. The third-order valence-corrected chi connectivity index (χ3v) is 7.92. The maximum Gasteiger partial charge on any atom is 0.318 e. The number of nitrogens with one attached hydrogen (secondary N) is 1. The molecule has 1 saturated carbocycles. The monoisotopic (exact) mass is 380 g/mol. The first kappa shape index (κ1) is 17.3. The molecule has 2 aliphatic carbocycles. The Balaban J connectivity index is 1.51. The molecule has 0 bridgehead atoms. The zero-order chi connectivity index (χ0) is 18.2. The molecule has 1 aromatic heterocycles. The van der Waals surface area contributed by atoms with Gasteiger partial charge >= 0.3 is 6.03 Å². The Kier molecular flexibility index (Phi) is 4.68. The Hall–Kier alpha value is -1.81. The predicted molar refractivity (Wildman–Crippen MR) is 110 cm³/mol. The van der Waals surface area contributed by atoms with Crippen molar-refractivity contribution in [2.75, 3.05) is 6.54 Å². The van der Waals surface area contributed by atoms with Crippen molar-refractivity contribution in [3.63, 3.8) is 0 Å². The van der Waals surface area contributed by atoms with Gasteiger partial charge < -0.3 is 10.2 Å². The van der Waals surface area contributed by atoms with Gasteiger partial charge in [-0.05, 0) is 61.6 Å². The molecule has 0 saturated heterocycles. The van der Waals surface area contributed by atoms with Crippen molar-refractivity contribution in [3.8, 4) is 0 Å². The van der Waals surface area contributed by atoms with Crippen molar-refractivity contribution in [2.24, 2.45) is 0 Å². The molecule has 2 aromatic rings. The molecule has 0 radical (unpaired) electrons. The van der Waals surface area contributed by atoms with Crippen LogP contribution < -0.4 is 5.32 Å². The molecule has 2 amide bonds. The minimum absolute atomic E-state index is 0.0759. The van der Waals surface area contributed by atoms with Crippen LogP contribution in [0.4, 0.5) is 4.79 Å². The summed E-state index contributed by atoms with van der Waals surface area (Å²) in [5, 5.41) is 3.33. The van der Waals surface area contributed by atoms with Gasteiger partial charge in [-0.25, -0.2) is 4.79 Å². The first-order valence-corrected chi connectivity index (χ1v) is 11.4. The van der Waals surface area contributed by atoms with E-state index >= 15 is 0 Å². The number of aryl methyl sites for hydroxylation is 1. The van der Waals surface area contributed by atoms with Gasteiger partial charge in [0.2, 0.25) is 0 Å². The number of carbonyl (C=O) groups excluding carboxylic acids is 1. The Labute approximate surface area is 165 Å². The van der Waals surface area contributed by atoms with Crippen molar-refractivity contribution in [2.45, 2.75) is 69.9 Å². The number of rotatable bonds is 2. The first-order chi connectivity index (χ1) is 13.3. The first-order valence-electron chi connectivity index (χ1n) is 10.6. The molecule has 1 N–H and O–H groups in total. The lowest BCUT2D eigenvalue weighted by Gasteiger charge is -2.37. The van der Waals surface area contributed by atoms with Crippen molar-refractivity contribution in [1.82, 2.24) is 10.2 Å². The molecule has 1 fully saturated rings. The fourth-order valence-corrected chi connectivity index (χ4v) is 6.75. The molecule has 1 aliphatic heterocycles. The van der Waals surface area contributed by atoms with E-state index in [1.807, 2.05) is 11.3 Å². The van der Waals surface area contributed by atoms with Gasteiger partial charge in [0, 0.05) is 22.3 Å². The lowest BCUT2D eigenvalue weighted by molar-refractivity contribution is 0.177. The van der Waals surface area contributed by atoms with Crippen LogP contribution in [0.2, 0.25) is 0 Å². The van der Waals surface area contributed by atoms with E-state index in [0.717, 1.165) is 25.8 Å². The molecule has 142 valence electrons. The summed E-state index contributed by atoms with van der Waals surface area (Å²) in [4.78, 5) is 18.3. The van der Waals surface area contributed by atoms with E-state index in [1.165, 1.54) is 49.0 Å². The third kappa shape index (κ3) is 3.18. The molecule has 3 aliphatic rings. The zero-order valence-corrected chi connectivity index (χ0v) is 16.7. The Morgan fingerprint density at radius 2 is 1.74 bits per heavy atom. The van der Waals surface area contributed by atoms with E-state index < -0.39 is 0 Å². The number of nitrogens with zero attached hydrogens (tertiary/aromatic N) is 1. The smallest absolute Gasteiger partial charge is 0.318 e. The standard InChI is InChI=1S/C23H28N2OS/c26-23(24-17-10-4-5-11-17)25-15-14-19-18-12-6-7-13-20(18)27-22(19)21(25)16-8-2-1-3-9-16/h1-3,8-9,17,21H,4-7,10-15H2,(H,24,26). The summed E-state index contributed by atoms with van der Waals surface area (Å²) in [6.45, 7) is 0.828. The van der Waals surface area contributed by atoms with Crippen LogP contribution in [0, 0.1) is 0 Å². The van der Waals surface area contributed by atoms with E-state index in [9.17, 15) is 4.79 Å². The van der Waals surface area contributed by atoms with Gasteiger partial charge in [-0.15, -0.1) is 11.3 Å². The molecule has 0 spiro atoms. The summed E-state index contributed by atoms with van der Waals surface area (Å²) in [5.41, 5.74) is 4.44. The highest BCUT2D eigenvalue weighted by Crippen LogP contribution is 2.45. The molecule has 2 heterocycles. The lowest BCUT2D eigenvalue weighted by atomic mass is 9.88. The van der Waals surface area contributed by atoms with Gasteiger partial charge in [0.15, 0.2) is 0 Å². The summed E-state index contributed by atoms with van der Waals surface area (Å²) >= 11 is 1.98. The molecule has 5 rings (SSSR count). The number of thiophene rings is 1. The van der Waals surface area contributed by atoms with Crippen molar-refractivity contribution in [1.29, 1.82) is 0 Å². The summed E-state index contributed by atoms with van der Waals surface area (Å²) in [5.74, 6) is 0. The Morgan fingerprint density at radius 3 is 2.56 bits per heavy atom. The van der Waals surface area contributed by atoms with Crippen molar-refractivity contribution >= 4 is 17.4 Å². The number of fused-ring (bicyclic) bond motifs is 3. The van der Waals surface area contributed by atoms with Crippen molar-refractivity contribution in [3.05, 3.63) is 56.8 Å². The zero-order valence-electron chi connectivity index (χ0n) is 15.9. The van der Waals surface area contributed by atoms with Crippen molar-refractivity contribution < 1.29 is 4.79 Å². The normalized spacial score (nSPS) is 22.4. The average molecular weight is 381 g/mol. The van der Waals surface area contributed by atoms with Crippen LogP contribution in [0.5, 0.6) is 0 Å².